The third-order valence-electron chi connectivity index (χ3n) is 3.89. The fraction of sp³-hybridized carbons (Fsp3) is 0.467. The minimum absolute atomic E-state index is 0.0626. The molecule has 1 heterocycles. The number of rotatable bonds is 2. The van der Waals surface area contributed by atoms with Gasteiger partial charge in [0.2, 0.25) is 0 Å². The van der Waals surface area contributed by atoms with Gasteiger partial charge < -0.3 is 9.52 Å². The van der Waals surface area contributed by atoms with Crippen LogP contribution in [-0.4, -0.2) is 11.2 Å². The molecule has 2 nitrogen and oxygen atoms in total. The Morgan fingerprint density at radius 2 is 1.88 bits per heavy atom. The maximum atomic E-state index is 9.51. The summed E-state index contributed by atoms with van der Waals surface area (Å²) in [5.41, 5.74) is 2.31. The van der Waals surface area contributed by atoms with E-state index >= 15 is 0 Å². The van der Waals surface area contributed by atoms with Crippen LogP contribution in [0, 0.1) is 5.92 Å². The topological polar surface area (TPSA) is 33.4 Å². The van der Waals surface area contributed by atoms with Gasteiger partial charge in [-0.15, -0.1) is 0 Å². The molecule has 0 amide bonds. The Balaban J connectivity index is 1.76. The summed E-state index contributed by atoms with van der Waals surface area (Å²) in [6, 6.07) is 8.22. The molecule has 0 aliphatic heterocycles. The zero-order valence-corrected chi connectivity index (χ0v) is 9.93. The highest BCUT2D eigenvalue weighted by Gasteiger charge is 2.20. The van der Waals surface area contributed by atoms with Gasteiger partial charge in [0.25, 0.3) is 0 Å². The molecule has 1 fully saturated rings. The van der Waals surface area contributed by atoms with Gasteiger partial charge in [0.1, 0.15) is 5.58 Å². The molecule has 0 saturated heterocycles. The van der Waals surface area contributed by atoms with E-state index in [1.165, 1.54) is 10.9 Å². The monoisotopic (exact) mass is 230 g/mol. The van der Waals surface area contributed by atoms with E-state index < -0.39 is 0 Å². The van der Waals surface area contributed by atoms with Crippen LogP contribution in [0.1, 0.15) is 31.2 Å². The third-order valence-corrected chi connectivity index (χ3v) is 3.89. The Morgan fingerprint density at radius 3 is 2.71 bits per heavy atom. The lowest BCUT2D eigenvalue weighted by molar-refractivity contribution is 0.109. The Morgan fingerprint density at radius 1 is 1.12 bits per heavy atom. The van der Waals surface area contributed by atoms with Crippen molar-refractivity contribution in [2.45, 2.75) is 38.2 Å². The fourth-order valence-corrected chi connectivity index (χ4v) is 2.85. The second kappa shape index (κ2) is 4.53. The van der Waals surface area contributed by atoms with Crippen molar-refractivity contribution in [3.8, 4) is 0 Å². The molecule has 1 N–H and O–H groups in total. The number of furan rings is 1. The van der Waals surface area contributed by atoms with E-state index in [1.54, 1.807) is 0 Å². The standard InChI is InChI=1S/C15H18O2/c16-13-7-5-11(6-8-13)9-12-10-17-15-4-2-1-3-14(12)15/h1-4,10-11,13,16H,5-9H2. The maximum Gasteiger partial charge on any atom is 0.134 e. The van der Waals surface area contributed by atoms with E-state index in [-0.39, 0.29) is 6.10 Å². The van der Waals surface area contributed by atoms with Crippen molar-refractivity contribution in [1.82, 2.24) is 0 Å². The van der Waals surface area contributed by atoms with Crippen LogP contribution in [0.25, 0.3) is 11.0 Å². The van der Waals surface area contributed by atoms with E-state index in [2.05, 4.69) is 12.1 Å². The second-order valence-electron chi connectivity index (χ2n) is 5.14. The van der Waals surface area contributed by atoms with E-state index in [9.17, 15) is 5.11 Å². The predicted molar refractivity (Wildman–Crippen MR) is 67.9 cm³/mol. The molecule has 90 valence electrons. The third kappa shape index (κ3) is 2.22. The van der Waals surface area contributed by atoms with E-state index in [0.29, 0.717) is 5.92 Å². The highest BCUT2D eigenvalue weighted by atomic mass is 16.3. The first-order chi connectivity index (χ1) is 8.33. The van der Waals surface area contributed by atoms with Gasteiger partial charge in [-0.1, -0.05) is 18.2 Å². The summed E-state index contributed by atoms with van der Waals surface area (Å²) in [5, 5.41) is 10.8. The molecule has 0 spiro atoms. The molecule has 3 rings (SSSR count). The molecule has 1 aromatic heterocycles. The molecule has 0 bridgehead atoms. The summed E-state index contributed by atoms with van der Waals surface area (Å²) < 4.78 is 5.56. The largest absolute Gasteiger partial charge is 0.464 e. The van der Waals surface area contributed by atoms with Crippen LogP contribution in [0.2, 0.25) is 0 Å². The molecule has 1 aromatic carbocycles. The molecule has 0 radical (unpaired) electrons. The average molecular weight is 230 g/mol. The molecule has 2 aromatic rings. The van der Waals surface area contributed by atoms with Crippen LogP contribution in [0.4, 0.5) is 0 Å². The smallest absolute Gasteiger partial charge is 0.134 e. The number of aliphatic hydroxyl groups is 1. The number of hydrogen-bond acceptors (Lipinski definition) is 2. The number of fused-ring (bicyclic) bond motifs is 1. The van der Waals surface area contributed by atoms with Crippen LogP contribution in [0.5, 0.6) is 0 Å². The Hall–Kier alpha value is -1.28. The first-order valence-electron chi connectivity index (χ1n) is 6.46. The molecule has 0 unspecified atom stereocenters. The van der Waals surface area contributed by atoms with Gasteiger partial charge in [-0.3, -0.25) is 0 Å². The van der Waals surface area contributed by atoms with Crippen molar-refractivity contribution in [2.24, 2.45) is 5.92 Å². The summed E-state index contributed by atoms with van der Waals surface area (Å²) in [6.07, 6.45) is 7.12. The molecule has 1 aliphatic rings. The molecule has 0 atom stereocenters. The quantitative estimate of drug-likeness (QED) is 0.856. The van der Waals surface area contributed by atoms with Crippen LogP contribution in [-0.2, 0) is 6.42 Å². The molecular formula is C15H18O2. The Kier molecular flexibility index (Phi) is 2.89. The van der Waals surface area contributed by atoms with E-state index in [4.69, 9.17) is 4.42 Å². The van der Waals surface area contributed by atoms with Crippen molar-refractivity contribution in [3.63, 3.8) is 0 Å². The van der Waals surface area contributed by atoms with Crippen LogP contribution in [0.15, 0.2) is 34.9 Å². The fourth-order valence-electron chi connectivity index (χ4n) is 2.85. The molecular weight excluding hydrogens is 212 g/mol. The molecule has 2 heteroatoms. The summed E-state index contributed by atoms with van der Waals surface area (Å²) in [4.78, 5) is 0. The zero-order valence-electron chi connectivity index (χ0n) is 9.93. The van der Waals surface area contributed by atoms with Gasteiger partial charge >= 0.3 is 0 Å². The summed E-state index contributed by atoms with van der Waals surface area (Å²) in [5.74, 6) is 0.708. The van der Waals surface area contributed by atoms with Crippen LogP contribution >= 0.6 is 0 Å². The molecule has 17 heavy (non-hydrogen) atoms. The van der Waals surface area contributed by atoms with Crippen molar-refractivity contribution in [2.75, 3.05) is 0 Å². The van der Waals surface area contributed by atoms with Gasteiger partial charge in [-0.2, -0.15) is 0 Å². The highest BCUT2D eigenvalue weighted by molar-refractivity contribution is 5.80. The SMILES string of the molecule is OC1CCC(Cc2coc3ccccc23)CC1. The molecule has 1 saturated carbocycles. The van der Waals surface area contributed by atoms with Gasteiger partial charge in [0.05, 0.1) is 12.4 Å². The first-order valence-corrected chi connectivity index (χ1v) is 6.46. The minimum Gasteiger partial charge on any atom is -0.464 e. The lowest BCUT2D eigenvalue weighted by Crippen LogP contribution is -2.19. The lowest BCUT2D eigenvalue weighted by Gasteiger charge is -2.24. The normalized spacial score (nSPS) is 25.2. The van der Waals surface area contributed by atoms with Gasteiger partial charge in [0.15, 0.2) is 0 Å². The summed E-state index contributed by atoms with van der Waals surface area (Å²) in [6.45, 7) is 0. The second-order valence-corrected chi connectivity index (χ2v) is 5.14. The predicted octanol–water partition coefficient (Wildman–Crippen LogP) is 3.53. The average Bonchev–Trinajstić information content (AvgIpc) is 2.76. The Labute approximate surface area is 101 Å². The zero-order chi connectivity index (χ0) is 11.7. The number of benzene rings is 1. The minimum atomic E-state index is -0.0626. The number of hydrogen-bond donors (Lipinski definition) is 1. The summed E-state index contributed by atoms with van der Waals surface area (Å²) >= 11 is 0. The number of para-hydroxylation sites is 1. The van der Waals surface area contributed by atoms with E-state index in [1.807, 2.05) is 18.4 Å². The van der Waals surface area contributed by atoms with Gasteiger partial charge in [0, 0.05) is 5.39 Å². The van der Waals surface area contributed by atoms with Crippen LogP contribution < -0.4 is 0 Å². The Bertz CT molecular complexity index is 492. The summed E-state index contributed by atoms with van der Waals surface area (Å²) in [7, 11) is 0. The lowest BCUT2D eigenvalue weighted by atomic mass is 9.83. The van der Waals surface area contributed by atoms with Crippen molar-refractivity contribution < 1.29 is 9.52 Å². The van der Waals surface area contributed by atoms with Crippen LogP contribution in [0.3, 0.4) is 0 Å². The van der Waals surface area contributed by atoms with Crippen molar-refractivity contribution >= 4 is 11.0 Å². The van der Waals surface area contributed by atoms with E-state index in [0.717, 1.165) is 37.7 Å². The van der Waals surface area contributed by atoms with Crippen molar-refractivity contribution in [1.29, 1.82) is 0 Å². The maximum absolute atomic E-state index is 9.51. The molecule has 1 aliphatic carbocycles. The highest BCUT2D eigenvalue weighted by Crippen LogP contribution is 2.30. The van der Waals surface area contributed by atoms with Gasteiger partial charge in [-0.25, -0.2) is 0 Å². The first kappa shape index (κ1) is 10.8. The van der Waals surface area contributed by atoms with Gasteiger partial charge in [-0.05, 0) is 49.7 Å². The van der Waals surface area contributed by atoms with Crippen molar-refractivity contribution in [3.05, 3.63) is 36.1 Å². The number of aliphatic hydroxyl groups excluding tert-OH is 1.